The minimum absolute atomic E-state index is 0.00641. The highest BCUT2D eigenvalue weighted by Gasteiger charge is 2.21. The fourth-order valence-corrected chi connectivity index (χ4v) is 5.23. The number of aromatic carboxylic acids is 1. The Labute approximate surface area is 163 Å². The van der Waals surface area contributed by atoms with E-state index in [2.05, 4.69) is 21.5 Å². The summed E-state index contributed by atoms with van der Waals surface area (Å²) in [5.74, 6) is -0.335. The average Bonchev–Trinajstić information content (AvgIpc) is 2.95. The number of benzene rings is 1. The third-order valence-corrected chi connectivity index (χ3v) is 7.31. The van der Waals surface area contributed by atoms with E-state index in [9.17, 15) is 13.2 Å². The summed E-state index contributed by atoms with van der Waals surface area (Å²) in [5, 5.41) is 9.25. The molecule has 1 aromatic carbocycles. The second kappa shape index (κ2) is 7.95. The highest BCUT2D eigenvalue weighted by atomic mass is 32.2. The van der Waals surface area contributed by atoms with E-state index in [-0.39, 0.29) is 10.5 Å². The van der Waals surface area contributed by atoms with Crippen molar-refractivity contribution >= 4 is 32.5 Å². The Morgan fingerprint density at radius 1 is 1.30 bits per heavy atom. The molecule has 0 aliphatic carbocycles. The summed E-state index contributed by atoms with van der Waals surface area (Å²) in [4.78, 5) is 18.7. The maximum absolute atomic E-state index is 12.5. The average molecular weight is 410 g/mol. The van der Waals surface area contributed by atoms with Gasteiger partial charge in [0.1, 0.15) is 0 Å². The van der Waals surface area contributed by atoms with E-state index in [0.29, 0.717) is 5.13 Å². The Hall–Kier alpha value is -1.97. The van der Waals surface area contributed by atoms with E-state index in [1.807, 2.05) is 6.92 Å². The lowest BCUT2D eigenvalue weighted by Gasteiger charge is -2.29. The third kappa shape index (κ3) is 4.85. The molecule has 146 valence electrons. The van der Waals surface area contributed by atoms with Gasteiger partial charge < -0.3 is 5.11 Å². The number of thiazole rings is 1. The van der Waals surface area contributed by atoms with Crippen LogP contribution in [0, 0.1) is 12.8 Å². The number of rotatable bonds is 6. The van der Waals surface area contributed by atoms with Crippen LogP contribution in [0.2, 0.25) is 0 Å². The van der Waals surface area contributed by atoms with Crippen LogP contribution in [0.15, 0.2) is 29.2 Å². The van der Waals surface area contributed by atoms with Gasteiger partial charge in [-0.25, -0.2) is 18.2 Å². The van der Waals surface area contributed by atoms with E-state index in [1.54, 1.807) is 0 Å². The molecule has 2 N–H and O–H groups in total. The molecular weight excluding hydrogens is 386 g/mol. The Bertz CT molecular complexity index is 915. The largest absolute Gasteiger partial charge is 0.478 e. The van der Waals surface area contributed by atoms with Crippen molar-refractivity contribution in [3.63, 3.8) is 0 Å². The summed E-state index contributed by atoms with van der Waals surface area (Å²) in [6.45, 7) is 7.04. The molecule has 7 nitrogen and oxygen atoms in total. The molecule has 0 unspecified atom stereocenters. The molecule has 1 aromatic heterocycles. The first-order valence-electron chi connectivity index (χ1n) is 8.79. The number of aromatic nitrogens is 1. The number of hydrogen-bond donors (Lipinski definition) is 2. The molecule has 0 amide bonds. The fourth-order valence-electron chi connectivity index (χ4n) is 2.99. The highest BCUT2D eigenvalue weighted by molar-refractivity contribution is 7.93. The van der Waals surface area contributed by atoms with Crippen molar-refractivity contribution in [3.8, 4) is 0 Å². The van der Waals surface area contributed by atoms with Gasteiger partial charge >= 0.3 is 5.97 Å². The lowest BCUT2D eigenvalue weighted by molar-refractivity contribution is 0.0696. The number of carboxylic acids is 1. The minimum Gasteiger partial charge on any atom is -0.478 e. The molecule has 0 saturated carbocycles. The van der Waals surface area contributed by atoms with Crippen LogP contribution in [0.25, 0.3) is 0 Å². The standard InChI is InChI=1S/C18H23N3O4S2/c1-12-7-9-21(10-8-12)11-16-13(2)19-18(26-16)20-27(24,25)15-5-3-14(4-6-15)17(22)23/h3-6,12H,7-11H2,1-2H3,(H,19,20)(H,22,23). The monoisotopic (exact) mass is 409 g/mol. The molecule has 1 saturated heterocycles. The summed E-state index contributed by atoms with van der Waals surface area (Å²) in [6, 6.07) is 5.10. The first-order chi connectivity index (χ1) is 12.7. The predicted octanol–water partition coefficient (Wildman–Crippen LogP) is 3.18. The van der Waals surface area contributed by atoms with Crippen molar-refractivity contribution in [2.75, 3.05) is 17.8 Å². The number of piperidine rings is 1. The van der Waals surface area contributed by atoms with Crippen molar-refractivity contribution in [1.29, 1.82) is 0 Å². The molecule has 2 aromatic rings. The Kier molecular flexibility index (Phi) is 5.83. The summed E-state index contributed by atoms with van der Waals surface area (Å²) < 4.78 is 27.6. The number of anilines is 1. The lowest BCUT2D eigenvalue weighted by Crippen LogP contribution is -2.32. The van der Waals surface area contributed by atoms with Gasteiger partial charge in [0.15, 0.2) is 5.13 Å². The molecule has 1 aliphatic rings. The van der Waals surface area contributed by atoms with Gasteiger partial charge in [0.25, 0.3) is 10.0 Å². The number of aryl methyl sites for hydroxylation is 1. The zero-order valence-electron chi connectivity index (χ0n) is 15.3. The van der Waals surface area contributed by atoms with Gasteiger partial charge in [-0.3, -0.25) is 9.62 Å². The van der Waals surface area contributed by atoms with Crippen molar-refractivity contribution in [2.45, 2.75) is 38.1 Å². The number of carboxylic acid groups (broad SMARTS) is 1. The highest BCUT2D eigenvalue weighted by Crippen LogP contribution is 2.28. The summed E-state index contributed by atoms with van der Waals surface area (Å²) in [5.41, 5.74) is 0.870. The fraction of sp³-hybridized carbons (Fsp3) is 0.444. The van der Waals surface area contributed by atoms with Crippen molar-refractivity contribution in [1.82, 2.24) is 9.88 Å². The summed E-state index contributed by atoms with van der Waals surface area (Å²) in [7, 11) is -3.81. The molecule has 0 spiro atoms. The van der Waals surface area contributed by atoms with Crippen LogP contribution >= 0.6 is 11.3 Å². The van der Waals surface area contributed by atoms with Gasteiger partial charge in [0, 0.05) is 11.4 Å². The van der Waals surface area contributed by atoms with Crippen molar-refractivity contribution in [3.05, 3.63) is 40.4 Å². The van der Waals surface area contributed by atoms with Crippen LogP contribution in [0.1, 0.15) is 40.7 Å². The molecule has 9 heteroatoms. The number of likely N-dealkylation sites (tertiary alicyclic amines) is 1. The van der Waals surface area contributed by atoms with Crippen molar-refractivity contribution in [2.24, 2.45) is 5.92 Å². The maximum Gasteiger partial charge on any atom is 0.335 e. The van der Waals surface area contributed by atoms with Crippen molar-refractivity contribution < 1.29 is 18.3 Å². The number of sulfonamides is 1. The molecule has 1 fully saturated rings. The van der Waals surface area contributed by atoms with E-state index < -0.39 is 16.0 Å². The van der Waals surface area contributed by atoms with Gasteiger partial charge in [0.05, 0.1) is 16.2 Å². The molecular formula is C18H23N3O4S2. The topological polar surface area (TPSA) is 99.6 Å². The quantitative estimate of drug-likeness (QED) is 0.760. The Balaban J connectivity index is 1.70. The molecule has 2 heterocycles. The third-order valence-electron chi connectivity index (χ3n) is 4.77. The molecule has 3 rings (SSSR count). The second-order valence-corrected chi connectivity index (χ2v) is 9.69. The first kappa shape index (κ1) is 19.8. The van der Waals surface area contributed by atoms with Crippen LogP contribution < -0.4 is 4.72 Å². The van der Waals surface area contributed by atoms with Crippen LogP contribution in [-0.2, 0) is 16.6 Å². The molecule has 1 aliphatic heterocycles. The SMILES string of the molecule is Cc1nc(NS(=O)(=O)c2ccc(C(=O)O)cc2)sc1CN1CCC(C)CC1. The number of hydrogen-bond acceptors (Lipinski definition) is 6. The Morgan fingerprint density at radius 3 is 2.52 bits per heavy atom. The number of nitrogens with zero attached hydrogens (tertiary/aromatic N) is 2. The maximum atomic E-state index is 12.5. The normalized spacial score (nSPS) is 16.4. The van der Waals surface area contributed by atoms with Gasteiger partial charge in [0.2, 0.25) is 0 Å². The predicted molar refractivity (Wildman–Crippen MR) is 105 cm³/mol. The summed E-state index contributed by atoms with van der Waals surface area (Å²) >= 11 is 1.35. The van der Waals surface area contributed by atoms with Crippen LogP contribution in [0.3, 0.4) is 0 Å². The van der Waals surface area contributed by atoms with Gasteiger partial charge in [-0.1, -0.05) is 18.3 Å². The van der Waals surface area contributed by atoms with E-state index >= 15 is 0 Å². The van der Waals surface area contributed by atoms with E-state index in [1.165, 1.54) is 48.4 Å². The number of nitrogens with one attached hydrogen (secondary N) is 1. The molecule has 27 heavy (non-hydrogen) atoms. The smallest absolute Gasteiger partial charge is 0.335 e. The molecule has 0 atom stereocenters. The van der Waals surface area contributed by atoms with Crippen LogP contribution in [0.4, 0.5) is 5.13 Å². The van der Waals surface area contributed by atoms with Crippen LogP contribution in [-0.4, -0.2) is 42.5 Å². The zero-order valence-corrected chi connectivity index (χ0v) is 16.9. The van der Waals surface area contributed by atoms with E-state index in [4.69, 9.17) is 5.11 Å². The molecule has 0 bridgehead atoms. The van der Waals surface area contributed by atoms with Crippen LogP contribution in [0.5, 0.6) is 0 Å². The van der Waals surface area contributed by atoms with Gasteiger partial charge in [-0.2, -0.15) is 0 Å². The number of carbonyl (C=O) groups is 1. The second-order valence-electron chi connectivity index (χ2n) is 6.92. The lowest BCUT2D eigenvalue weighted by atomic mass is 9.99. The summed E-state index contributed by atoms with van der Waals surface area (Å²) in [6.07, 6.45) is 2.37. The first-order valence-corrected chi connectivity index (χ1v) is 11.1. The van der Waals surface area contributed by atoms with E-state index in [0.717, 1.165) is 36.1 Å². The van der Waals surface area contributed by atoms with Gasteiger partial charge in [-0.05, 0) is 63.0 Å². The van der Waals surface area contributed by atoms with Gasteiger partial charge in [-0.15, -0.1) is 0 Å². The Morgan fingerprint density at radius 2 is 1.93 bits per heavy atom. The molecule has 0 radical (unpaired) electrons. The minimum atomic E-state index is -3.81. The zero-order chi connectivity index (χ0) is 19.6.